The predicted molar refractivity (Wildman–Crippen MR) is 45.6 cm³/mol. The summed E-state index contributed by atoms with van der Waals surface area (Å²) in [5.41, 5.74) is 0. The minimum absolute atomic E-state index is 0.758. The van der Waals surface area contributed by atoms with E-state index in [1.165, 1.54) is 0 Å². The van der Waals surface area contributed by atoms with Crippen LogP contribution in [0.1, 0.15) is 6.92 Å². The van der Waals surface area contributed by atoms with Gasteiger partial charge in [0.1, 0.15) is 0 Å². The average molecular weight is 141 g/mol. The number of allylic oxidation sites excluding steroid dienone is 3. The third-order valence-corrected chi connectivity index (χ3v) is 1.14. The summed E-state index contributed by atoms with van der Waals surface area (Å²) in [7, 11) is 1.81. The lowest BCUT2D eigenvalue weighted by Gasteiger charge is -1.89. The van der Waals surface area contributed by atoms with E-state index in [1.807, 2.05) is 38.3 Å². The van der Waals surface area contributed by atoms with Crippen molar-refractivity contribution in [3.8, 4) is 0 Å². The molecule has 9 heavy (non-hydrogen) atoms. The Bertz CT molecular complexity index is 136. The maximum atomic E-state index is 4.84. The summed E-state index contributed by atoms with van der Waals surface area (Å²) < 4.78 is 0. The minimum atomic E-state index is 0.758. The average Bonchev–Trinajstić information content (AvgIpc) is 1.89. The predicted octanol–water partition coefficient (Wildman–Crippen LogP) is 1.67. The molecule has 0 fully saturated rings. The molecule has 1 N–H and O–H groups in total. The first-order valence-corrected chi connectivity index (χ1v) is 3.23. The van der Waals surface area contributed by atoms with E-state index in [2.05, 4.69) is 5.32 Å². The minimum Gasteiger partial charge on any atom is -0.379 e. The molecule has 0 bridgehead atoms. The van der Waals surface area contributed by atoms with Crippen molar-refractivity contribution in [3.05, 3.63) is 24.3 Å². The number of hydrogen-bond donors (Lipinski definition) is 1. The van der Waals surface area contributed by atoms with E-state index < -0.39 is 0 Å². The zero-order valence-electron chi connectivity index (χ0n) is 5.72. The van der Waals surface area contributed by atoms with Crippen LogP contribution >= 0.6 is 12.2 Å². The van der Waals surface area contributed by atoms with E-state index in [0.717, 1.165) is 4.99 Å². The molecule has 0 unspecified atom stereocenters. The standard InChI is InChI=1S/C7H11NS/c1-3-4-5-6-7(9)8-2/h3-6H,1-2H3,(H,8,9)/b4-3+,6-5+. The lowest BCUT2D eigenvalue weighted by Crippen LogP contribution is -2.11. The molecule has 0 rings (SSSR count). The normalized spacial score (nSPS) is 10.9. The third-order valence-electron chi connectivity index (χ3n) is 0.798. The van der Waals surface area contributed by atoms with Gasteiger partial charge in [-0.15, -0.1) is 0 Å². The second-order valence-corrected chi connectivity index (χ2v) is 1.94. The van der Waals surface area contributed by atoms with Crippen LogP contribution in [-0.2, 0) is 0 Å². The molecule has 0 spiro atoms. The van der Waals surface area contributed by atoms with Gasteiger partial charge in [0.2, 0.25) is 0 Å². The fraction of sp³-hybridized carbons (Fsp3) is 0.286. The number of nitrogens with one attached hydrogen (secondary N) is 1. The Morgan fingerprint density at radius 1 is 1.44 bits per heavy atom. The van der Waals surface area contributed by atoms with Crippen LogP contribution in [0.15, 0.2) is 24.3 Å². The highest BCUT2D eigenvalue weighted by Gasteiger charge is 1.76. The van der Waals surface area contributed by atoms with Gasteiger partial charge >= 0.3 is 0 Å². The quantitative estimate of drug-likeness (QED) is 0.356. The molecule has 0 amide bonds. The molecule has 0 saturated carbocycles. The first-order valence-electron chi connectivity index (χ1n) is 2.82. The summed E-state index contributed by atoms with van der Waals surface area (Å²) in [6, 6.07) is 0. The molecule has 0 radical (unpaired) electrons. The maximum Gasteiger partial charge on any atom is 0.0985 e. The maximum absolute atomic E-state index is 4.84. The van der Waals surface area contributed by atoms with Gasteiger partial charge < -0.3 is 5.32 Å². The van der Waals surface area contributed by atoms with Crippen molar-refractivity contribution in [1.29, 1.82) is 0 Å². The molecule has 0 aliphatic rings. The fourth-order valence-electron chi connectivity index (χ4n) is 0.337. The third kappa shape index (κ3) is 5.24. The van der Waals surface area contributed by atoms with E-state index in [9.17, 15) is 0 Å². The van der Waals surface area contributed by atoms with Crippen LogP contribution in [0.4, 0.5) is 0 Å². The molecular formula is C7H11NS. The molecule has 1 nitrogen and oxygen atoms in total. The molecule has 0 aromatic carbocycles. The highest BCUT2D eigenvalue weighted by molar-refractivity contribution is 7.80. The zero-order chi connectivity index (χ0) is 7.11. The van der Waals surface area contributed by atoms with Crippen LogP contribution in [-0.4, -0.2) is 12.0 Å². The number of hydrogen-bond acceptors (Lipinski definition) is 1. The summed E-state index contributed by atoms with van der Waals surface area (Å²) in [6.07, 6.45) is 7.63. The molecule has 0 heterocycles. The van der Waals surface area contributed by atoms with Gasteiger partial charge in [-0.25, -0.2) is 0 Å². The van der Waals surface area contributed by atoms with Crippen LogP contribution in [0.25, 0.3) is 0 Å². The second kappa shape index (κ2) is 5.51. The van der Waals surface area contributed by atoms with Crippen molar-refractivity contribution >= 4 is 17.2 Å². The Morgan fingerprint density at radius 3 is 2.56 bits per heavy atom. The molecule has 2 heteroatoms. The van der Waals surface area contributed by atoms with Crippen LogP contribution in [0, 0.1) is 0 Å². The molecule has 0 saturated heterocycles. The Balaban J connectivity index is 3.57. The Morgan fingerprint density at radius 2 is 2.11 bits per heavy atom. The van der Waals surface area contributed by atoms with Gasteiger partial charge in [-0.2, -0.15) is 0 Å². The fourth-order valence-corrected chi connectivity index (χ4v) is 0.416. The van der Waals surface area contributed by atoms with Crippen molar-refractivity contribution < 1.29 is 0 Å². The smallest absolute Gasteiger partial charge is 0.0985 e. The van der Waals surface area contributed by atoms with E-state index in [0.29, 0.717) is 0 Å². The van der Waals surface area contributed by atoms with Crippen LogP contribution < -0.4 is 5.32 Å². The Hall–Kier alpha value is -0.630. The zero-order valence-corrected chi connectivity index (χ0v) is 6.53. The largest absolute Gasteiger partial charge is 0.379 e. The van der Waals surface area contributed by atoms with Gasteiger partial charge in [0.25, 0.3) is 0 Å². The first-order chi connectivity index (χ1) is 4.31. The van der Waals surface area contributed by atoms with Gasteiger partial charge in [0, 0.05) is 7.05 Å². The van der Waals surface area contributed by atoms with Crippen LogP contribution in [0.3, 0.4) is 0 Å². The number of thiocarbonyl (C=S) groups is 1. The monoisotopic (exact) mass is 141 g/mol. The van der Waals surface area contributed by atoms with Crippen molar-refractivity contribution in [2.24, 2.45) is 0 Å². The van der Waals surface area contributed by atoms with Crippen molar-refractivity contribution in [2.45, 2.75) is 6.92 Å². The topological polar surface area (TPSA) is 12.0 Å². The summed E-state index contributed by atoms with van der Waals surface area (Å²) >= 11 is 4.84. The van der Waals surface area contributed by atoms with Crippen molar-refractivity contribution in [2.75, 3.05) is 7.05 Å². The molecule has 50 valence electrons. The van der Waals surface area contributed by atoms with Crippen LogP contribution in [0.5, 0.6) is 0 Å². The number of likely N-dealkylation sites (N-methyl/N-ethyl adjacent to an activating group) is 1. The van der Waals surface area contributed by atoms with E-state index in [-0.39, 0.29) is 0 Å². The molecule has 0 aromatic heterocycles. The molecular weight excluding hydrogens is 130 g/mol. The van der Waals surface area contributed by atoms with Gasteiger partial charge in [-0.1, -0.05) is 30.4 Å². The SMILES string of the molecule is C/C=C/C=C/C(=S)NC. The summed E-state index contributed by atoms with van der Waals surface area (Å²) in [5.74, 6) is 0. The lowest BCUT2D eigenvalue weighted by atomic mass is 10.4. The first kappa shape index (κ1) is 8.37. The summed E-state index contributed by atoms with van der Waals surface area (Å²) in [5, 5.41) is 2.83. The summed E-state index contributed by atoms with van der Waals surface area (Å²) in [6.45, 7) is 1.97. The number of rotatable bonds is 2. The van der Waals surface area contributed by atoms with Gasteiger partial charge in [0.05, 0.1) is 4.99 Å². The molecule has 0 aromatic rings. The van der Waals surface area contributed by atoms with Crippen LogP contribution in [0.2, 0.25) is 0 Å². The lowest BCUT2D eigenvalue weighted by molar-refractivity contribution is 1.21. The molecule has 0 atom stereocenters. The van der Waals surface area contributed by atoms with E-state index >= 15 is 0 Å². The van der Waals surface area contributed by atoms with Gasteiger partial charge in [0.15, 0.2) is 0 Å². The second-order valence-electron chi connectivity index (χ2n) is 1.50. The molecule has 0 aliphatic heterocycles. The highest BCUT2D eigenvalue weighted by atomic mass is 32.1. The van der Waals surface area contributed by atoms with Gasteiger partial charge in [-0.05, 0) is 13.0 Å². The van der Waals surface area contributed by atoms with Gasteiger partial charge in [-0.3, -0.25) is 0 Å². The molecule has 0 aliphatic carbocycles. The highest BCUT2D eigenvalue weighted by Crippen LogP contribution is 1.77. The van der Waals surface area contributed by atoms with Crippen molar-refractivity contribution in [1.82, 2.24) is 5.32 Å². The van der Waals surface area contributed by atoms with E-state index in [1.54, 1.807) is 0 Å². The summed E-state index contributed by atoms with van der Waals surface area (Å²) in [4.78, 5) is 0.758. The van der Waals surface area contributed by atoms with E-state index in [4.69, 9.17) is 12.2 Å². The Labute approximate surface area is 61.5 Å². The Kier molecular flexibility index (Phi) is 5.12. The van der Waals surface area contributed by atoms with Crippen molar-refractivity contribution in [3.63, 3.8) is 0 Å².